The fourth-order valence-corrected chi connectivity index (χ4v) is 5.96. The fraction of sp³-hybridized carbons (Fsp3) is 0.281. The van der Waals surface area contributed by atoms with Crippen LogP contribution in [0.4, 0.5) is 0 Å². The highest BCUT2D eigenvalue weighted by molar-refractivity contribution is 6.16. The summed E-state index contributed by atoms with van der Waals surface area (Å²) < 4.78 is 9.24. The molecular formula is C32H32NO+. The molecule has 0 saturated heterocycles. The summed E-state index contributed by atoms with van der Waals surface area (Å²) in [5.74, 6) is 3.01. The van der Waals surface area contributed by atoms with Crippen molar-refractivity contribution in [3.05, 3.63) is 77.5 Å². The van der Waals surface area contributed by atoms with Crippen molar-refractivity contribution in [2.75, 3.05) is 0 Å². The van der Waals surface area contributed by atoms with E-state index in [1.54, 1.807) is 0 Å². The van der Waals surface area contributed by atoms with E-state index in [2.05, 4.69) is 107 Å². The molecule has 0 radical (unpaired) electrons. The molecule has 0 amide bonds. The van der Waals surface area contributed by atoms with E-state index >= 15 is 0 Å². The summed E-state index contributed by atoms with van der Waals surface area (Å²) in [5.41, 5.74) is 6.50. The monoisotopic (exact) mass is 446 g/mol. The van der Waals surface area contributed by atoms with Crippen molar-refractivity contribution in [3.8, 4) is 22.8 Å². The van der Waals surface area contributed by atoms with Crippen LogP contribution in [0.3, 0.4) is 0 Å². The molecule has 0 aliphatic carbocycles. The Morgan fingerprint density at radius 3 is 2.29 bits per heavy atom. The summed E-state index contributed by atoms with van der Waals surface area (Å²) in [7, 11) is 2.17. The van der Waals surface area contributed by atoms with Gasteiger partial charge >= 0.3 is 0 Å². The van der Waals surface area contributed by atoms with Crippen LogP contribution in [0, 0.1) is 12.8 Å². The topological polar surface area (TPSA) is 13.1 Å². The lowest BCUT2D eigenvalue weighted by molar-refractivity contribution is -0.659. The van der Waals surface area contributed by atoms with Crippen molar-refractivity contribution in [2.45, 2.75) is 47.0 Å². The average molecular weight is 447 g/mol. The van der Waals surface area contributed by atoms with Crippen molar-refractivity contribution in [1.29, 1.82) is 0 Å². The lowest BCUT2D eigenvalue weighted by atomic mass is 9.85. The maximum absolute atomic E-state index is 6.95. The van der Waals surface area contributed by atoms with Gasteiger partial charge in [0.05, 0.1) is 10.9 Å². The Balaban J connectivity index is 1.81. The first kappa shape index (κ1) is 21.2. The second-order valence-corrected chi connectivity index (χ2v) is 10.6. The van der Waals surface area contributed by atoms with Gasteiger partial charge in [-0.1, -0.05) is 70.2 Å². The minimum Gasteiger partial charge on any atom is -0.455 e. The number of aryl methyl sites for hydroxylation is 2. The van der Waals surface area contributed by atoms with Crippen molar-refractivity contribution in [3.63, 3.8) is 0 Å². The molecule has 34 heavy (non-hydrogen) atoms. The molecule has 1 aliphatic rings. The van der Waals surface area contributed by atoms with Crippen molar-refractivity contribution in [2.24, 2.45) is 13.0 Å². The van der Waals surface area contributed by atoms with Gasteiger partial charge in [-0.2, -0.15) is 0 Å². The third kappa shape index (κ3) is 2.91. The molecule has 0 unspecified atom stereocenters. The summed E-state index contributed by atoms with van der Waals surface area (Å²) in [4.78, 5) is 0. The van der Waals surface area contributed by atoms with Crippen LogP contribution in [0.15, 0.2) is 60.8 Å². The first-order chi connectivity index (χ1) is 16.4. The zero-order chi connectivity index (χ0) is 23.7. The number of fused-ring (bicyclic) bond motifs is 5. The van der Waals surface area contributed by atoms with E-state index in [0.717, 1.165) is 17.9 Å². The first-order valence-electron chi connectivity index (χ1n) is 12.5. The molecule has 0 atom stereocenters. The Morgan fingerprint density at radius 2 is 1.56 bits per heavy atom. The van der Waals surface area contributed by atoms with Gasteiger partial charge in [-0.15, -0.1) is 0 Å². The van der Waals surface area contributed by atoms with Crippen LogP contribution in [-0.2, 0) is 13.5 Å². The lowest BCUT2D eigenvalue weighted by Gasteiger charge is -2.26. The fourth-order valence-electron chi connectivity index (χ4n) is 5.96. The molecule has 2 heteroatoms. The molecule has 2 nitrogen and oxygen atoms in total. The third-order valence-electron chi connectivity index (χ3n) is 7.49. The Labute approximate surface area is 201 Å². The Bertz CT molecular complexity index is 1620. The van der Waals surface area contributed by atoms with Gasteiger partial charge < -0.3 is 4.74 Å². The van der Waals surface area contributed by atoms with Gasteiger partial charge in [0.25, 0.3) is 0 Å². The normalized spacial score (nSPS) is 12.7. The molecule has 0 saturated carbocycles. The van der Waals surface area contributed by atoms with Gasteiger partial charge in [-0.25, -0.2) is 4.57 Å². The van der Waals surface area contributed by atoms with Gasteiger partial charge in [-0.05, 0) is 63.9 Å². The van der Waals surface area contributed by atoms with E-state index in [1.165, 1.54) is 60.3 Å². The number of pyridine rings is 1. The van der Waals surface area contributed by atoms with Crippen LogP contribution >= 0.6 is 0 Å². The highest BCUT2D eigenvalue weighted by Gasteiger charge is 2.33. The number of rotatable bonds is 3. The van der Waals surface area contributed by atoms with E-state index < -0.39 is 0 Å². The molecule has 2 heterocycles. The summed E-state index contributed by atoms with van der Waals surface area (Å²) in [6.07, 6.45) is 3.21. The predicted octanol–water partition coefficient (Wildman–Crippen LogP) is 8.37. The molecule has 4 aromatic carbocycles. The van der Waals surface area contributed by atoms with Gasteiger partial charge in [0.2, 0.25) is 5.69 Å². The Morgan fingerprint density at radius 1 is 0.824 bits per heavy atom. The van der Waals surface area contributed by atoms with Gasteiger partial charge in [-0.3, -0.25) is 0 Å². The zero-order valence-corrected chi connectivity index (χ0v) is 21.0. The van der Waals surface area contributed by atoms with Crippen molar-refractivity contribution >= 4 is 32.3 Å². The molecule has 0 fully saturated rings. The molecule has 6 rings (SSSR count). The smallest absolute Gasteiger partial charge is 0.228 e. The largest absolute Gasteiger partial charge is 0.455 e. The van der Waals surface area contributed by atoms with E-state index in [1.807, 2.05) is 0 Å². The number of hydrogen-bond donors (Lipinski definition) is 0. The highest BCUT2D eigenvalue weighted by Crippen LogP contribution is 2.52. The summed E-state index contributed by atoms with van der Waals surface area (Å²) in [6.45, 7) is 11.4. The number of hydrogen-bond acceptors (Lipinski definition) is 1. The summed E-state index contributed by atoms with van der Waals surface area (Å²) >= 11 is 0. The van der Waals surface area contributed by atoms with Crippen LogP contribution in [0.2, 0.25) is 0 Å². The van der Waals surface area contributed by atoms with Crippen LogP contribution in [0.25, 0.3) is 43.6 Å². The highest BCUT2D eigenvalue weighted by atomic mass is 16.5. The molecule has 0 N–H and O–H groups in total. The molecular weight excluding hydrogens is 414 g/mol. The number of aromatic nitrogens is 1. The predicted molar refractivity (Wildman–Crippen MR) is 143 cm³/mol. The zero-order valence-electron chi connectivity index (χ0n) is 21.0. The van der Waals surface area contributed by atoms with E-state index in [9.17, 15) is 0 Å². The van der Waals surface area contributed by atoms with Gasteiger partial charge in [0.1, 0.15) is 18.5 Å². The van der Waals surface area contributed by atoms with E-state index in [-0.39, 0.29) is 0 Å². The molecule has 1 aromatic heterocycles. The number of nitrogens with zero attached hydrogens (tertiary/aromatic N) is 1. The molecule has 0 bridgehead atoms. The molecule has 0 spiro atoms. The first-order valence-corrected chi connectivity index (χ1v) is 12.5. The van der Waals surface area contributed by atoms with Crippen molar-refractivity contribution in [1.82, 2.24) is 0 Å². The van der Waals surface area contributed by atoms with E-state index in [4.69, 9.17) is 4.74 Å². The van der Waals surface area contributed by atoms with Crippen LogP contribution in [-0.4, -0.2) is 0 Å². The van der Waals surface area contributed by atoms with Crippen molar-refractivity contribution < 1.29 is 9.30 Å². The summed E-state index contributed by atoms with van der Waals surface area (Å²) in [5, 5.41) is 7.73. The lowest BCUT2D eigenvalue weighted by Crippen LogP contribution is -2.32. The quantitative estimate of drug-likeness (QED) is 0.196. The average Bonchev–Trinajstić information content (AvgIpc) is 2.82. The minimum absolute atomic E-state index is 0.450. The maximum Gasteiger partial charge on any atom is 0.228 e. The van der Waals surface area contributed by atoms with Crippen LogP contribution in [0.5, 0.6) is 11.5 Å². The maximum atomic E-state index is 6.95. The number of ether oxygens (including phenoxy) is 1. The second kappa shape index (κ2) is 7.56. The molecule has 1 aliphatic heterocycles. The number of benzene rings is 4. The van der Waals surface area contributed by atoms with Gasteiger partial charge in [0, 0.05) is 17.0 Å². The van der Waals surface area contributed by atoms with E-state index in [0.29, 0.717) is 11.8 Å². The van der Waals surface area contributed by atoms with Crippen LogP contribution in [0.1, 0.15) is 50.3 Å². The van der Waals surface area contributed by atoms with Gasteiger partial charge in [0.15, 0.2) is 6.20 Å². The summed E-state index contributed by atoms with van der Waals surface area (Å²) in [6, 6.07) is 20.1. The standard InChI is InChI=1S/C32H32NO/c1-18(2)16-27-23-11-8-7-10-22(23)20(5)29-31-30-25(14-15-33(31)6)24-13-9-12-21(19(3)4)26(24)17-28(30)34-32(27)29/h7-15,17-19H,16H2,1-6H3/q+1. The minimum atomic E-state index is 0.450. The Kier molecular flexibility index (Phi) is 4.71. The third-order valence-corrected chi connectivity index (χ3v) is 7.49. The van der Waals surface area contributed by atoms with Crippen LogP contribution < -0.4 is 9.30 Å². The SMILES string of the molecule is Cc1c2c(c(CC(C)C)c3ccccc13)Oc1cc3c(C(C)C)cccc3c3cc[n+](C)c-2c13. The Hall–Kier alpha value is -3.39. The second-order valence-electron chi connectivity index (χ2n) is 10.6. The molecule has 5 aromatic rings. The molecule has 170 valence electrons.